The van der Waals surface area contributed by atoms with Gasteiger partial charge in [0, 0.05) is 6.07 Å². The van der Waals surface area contributed by atoms with Crippen LogP contribution in [-0.2, 0) is 4.79 Å². The molecular weight excluding hydrogens is 212 g/mol. The molecular formula is C8H14N6O2. The van der Waals surface area contributed by atoms with Crippen molar-refractivity contribution in [3.8, 4) is 0 Å². The Bertz CT molecular complexity index is 383. The molecule has 16 heavy (non-hydrogen) atoms. The highest BCUT2D eigenvalue weighted by molar-refractivity contribution is 5.79. The lowest BCUT2D eigenvalue weighted by Crippen LogP contribution is -2.34. The Labute approximate surface area is 92.0 Å². The van der Waals surface area contributed by atoms with Crippen LogP contribution < -0.4 is 22.3 Å². The normalized spacial score (nSPS) is 11.9. The molecule has 0 bridgehead atoms. The lowest BCUT2D eigenvalue weighted by atomic mass is 10.3. The van der Waals surface area contributed by atoms with Crippen LogP contribution in [0.5, 0.6) is 0 Å². The second-order valence-corrected chi connectivity index (χ2v) is 3.13. The molecule has 1 amide bonds. The van der Waals surface area contributed by atoms with Gasteiger partial charge >= 0.3 is 0 Å². The Morgan fingerprint density at radius 1 is 1.56 bits per heavy atom. The zero-order valence-electron chi connectivity index (χ0n) is 8.77. The number of aromatic nitrogens is 2. The monoisotopic (exact) mass is 226 g/mol. The summed E-state index contributed by atoms with van der Waals surface area (Å²) >= 11 is 0. The smallest absolute Gasteiger partial charge is 0.248 e. The summed E-state index contributed by atoms with van der Waals surface area (Å²) in [7, 11) is 0. The van der Waals surface area contributed by atoms with E-state index in [-0.39, 0.29) is 6.54 Å². The van der Waals surface area contributed by atoms with Crippen LogP contribution in [-0.4, -0.2) is 33.6 Å². The zero-order chi connectivity index (χ0) is 12.1. The Hall–Kier alpha value is -1.93. The fourth-order valence-electron chi connectivity index (χ4n) is 1.03. The summed E-state index contributed by atoms with van der Waals surface area (Å²) in [6.45, 7) is 1.67. The minimum Gasteiger partial charge on any atom is -0.381 e. The van der Waals surface area contributed by atoms with Crippen molar-refractivity contribution in [2.45, 2.75) is 13.0 Å². The maximum atomic E-state index is 10.6. The van der Waals surface area contributed by atoms with Gasteiger partial charge in [0.1, 0.15) is 23.6 Å². The summed E-state index contributed by atoms with van der Waals surface area (Å²) in [6.07, 6.45) is -1.26. The minimum atomic E-state index is -1.26. The van der Waals surface area contributed by atoms with E-state index in [9.17, 15) is 4.79 Å². The quantitative estimate of drug-likeness (QED) is 0.298. The van der Waals surface area contributed by atoms with Crippen LogP contribution in [0.3, 0.4) is 0 Å². The van der Waals surface area contributed by atoms with Gasteiger partial charge in [-0.1, -0.05) is 0 Å². The predicted molar refractivity (Wildman–Crippen MR) is 58.3 cm³/mol. The average Bonchev–Trinajstić information content (AvgIpc) is 2.24. The first-order valence-electron chi connectivity index (χ1n) is 4.56. The number of nitrogens with one attached hydrogen (secondary N) is 2. The molecule has 0 aliphatic heterocycles. The molecule has 0 spiro atoms. The molecule has 1 unspecified atom stereocenters. The topological polar surface area (TPSA) is 139 Å². The van der Waals surface area contributed by atoms with E-state index < -0.39 is 12.0 Å². The van der Waals surface area contributed by atoms with Crippen molar-refractivity contribution in [3.63, 3.8) is 0 Å². The number of carbonyl (C=O) groups is 1. The van der Waals surface area contributed by atoms with E-state index >= 15 is 0 Å². The fraction of sp³-hybridized carbons (Fsp3) is 0.375. The highest BCUT2D eigenvalue weighted by Gasteiger charge is 2.10. The number of aliphatic hydroxyl groups is 1. The SMILES string of the molecule is Cc1nc(NN)cc(NCC(O)C(N)=O)n1. The number of amides is 1. The van der Waals surface area contributed by atoms with Crippen molar-refractivity contribution < 1.29 is 9.90 Å². The molecule has 8 nitrogen and oxygen atoms in total. The molecule has 0 fully saturated rings. The first-order chi connectivity index (χ1) is 7.52. The molecule has 0 saturated carbocycles. The molecule has 0 aliphatic carbocycles. The van der Waals surface area contributed by atoms with E-state index in [2.05, 4.69) is 20.7 Å². The van der Waals surface area contributed by atoms with Gasteiger partial charge in [-0.15, -0.1) is 0 Å². The van der Waals surface area contributed by atoms with Crippen molar-refractivity contribution in [3.05, 3.63) is 11.9 Å². The molecule has 1 rings (SSSR count). The summed E-state index contributed by atoms with van der Waals surface area (Å²) in [5.41, 5.74) is 7.27. The Balaban J connectivity index is 2.66. The summed E-state index contributed by atoms with van der Waals surface area (Å²) in [5.74, 6) is 5.79. The van der Waals surface area contributed by atoms with E-state index in [4.69, 9.17) is 16.7 Å². The van der Waals surface area contributed by atoms with Gasteiger partial charge in [0.25, 0.3) is 0 Å². The van der Waals surface area contributed by atoms with Gasteiger partial charge in [-0.2, -0.15) is 0 Å². The number of hydrogen-bond donors (Lipinski definition) is 5. The first-order valence-corrected chi connectivity index (χ1v) is 4.56. The minimum absolute atomic E-state index is 0.0181. The van der Waals surface area contributed by atoms with Crippen molar-refractivity contribution >= 4 is 17.5 Å². The van der Waals surface area contributed by atoms with E-state index in [1.54, 1.807) is 13.0 Å². The van der Waals surface area contributed by atoms with Crippen LogP contribution in [0.25, 0.3) is 0 Å². The molecule has 88 valence electrons. The molecule has 0 aromatic carbocycles. The highest BCUT2D eigenvalue weighted by Crippen LogP contribution is 2.09. The maximum absolute atomic E-state index is 10.6. The second-order valence-electron chi connectivity index (χ2n) is 3.13. The molecule has 1 aromatic rings. The summed E-state index contributed by atoms with van der Waals surface area (Å²) in [4.78, 5) is 18.6. The van der Waals surface area contributed by atoms with E-state index in [1.165, 1.54) is 0 Å². The molecule has 0 saturated heterocycles. The predicted octanol–water partition coefficient (Wildman–Crippen LogP) is -1.67. The number of nitrogens with zero attached hydrogens (tertiary/aromatic N) is 2. The number of nitrogens with two attached hydrogens (primary N) is 2. The maximum Gasteiger partial charge on any atom is 0.248 e. The summed E-state index contributed by atoms with van der Waals surface area (Å²) < 4.78 is 0. The van der Waals surface area contributed by atoms with Crippen molar-refractivity contribution in [2.75, 3.05) is 17.3 Å². The van der Waals surface area contributed by atoms with Gasteiger partial charge in [0.2, 0.25) is 5.91 Å². The molecule has 0 radical (unpaired) electrons. The van der Waals surface area contributed by atoms with E-state index in [0.29, 0.717) is 17.5 Å². The van der Waals surface area contributed by atoms with Gasteiger partial charge in [-0.05, 0) is 6.92 Å². The zero-order valence-corrected chi connectivity index (χ0v) is 8.77. The van der Waals surface area contributed by atoms with Gasteiger partial charge in [-0.3, -0.25) is 4.79 Å². The number of rotatable bonds is 5. The lowest BCUT2D eigenvalue weighted by molar-refractivity contribution is -0.125. The summed E-state index contributed by atoms with van der Waals surface area (Å²) in [5, 5.41) is 11.9. The average molecular weight is 226 g/mol. The fourth-order valence-corrected chi connectivity index (χ4v) is 1.03. The van der Waals surface area contributed by atoms with Crippen LogP contribution >= 0.6 is 0 Å². The second kappa shape index (κ2) is 5.24. The number of hydrazine groups is 1. The third-order valence-corrected chi connectivity index (χ3v) is 1.79. The van der Waals surface area contributed by atoms with Crippen LogP contribution in [0.2, 0.25) is 0 Å². The van der Waals surface area contributed by atoms with Crippen molar-refractivity contribution in [1.82, 2.24) is 9.97 Å². The Morgan fingerprint density at radius 3 is 2.75 bits per heavy atom. The summed E-state index contributed by atoms with van der Waals surface area (Å²) in [6, 6.07) is 1.54. The van der Waals surface area contributed by atoms with Crippen molar-refractivity contribution in [2.24, 2.45) is 11.6 Å². The number of aryl methyl sites for hydroxylation is 1. The van der Waals surface area contributed by atoms with E-state index in [1.807, 2.05) is 0 Å². The third-order valence-electron chi connectivity index (χ3n) is 1.79. The number of anilines is 2. The molecule has 1 atom stereocenters. The molecule has 8 heteroatoms. The molecule has 0 aliphatic rings. The van der Waals surface area contributed by atoms with Gasteiger partial charge in [-0.25, -0.2) is 15.8 Å². The molecule has 1 aromatic heterocycles. The van der Waals surface area contributed by atoms with Crippen LogP contribution in [0, 0.1) is 6.92 Å². The number of carbonyl (C=O) groups excluding carboxylic acids is 1. The van der Waals surface area contributed by atoms with Gasteiger partial charge in [0.05, 0.1) is 6.54 Å². The Morgan fingerprint density at radius 2 is 2.19 bits per heavy atom. The third kappa shape index (κ3) is 3.33. The Kier molecular flexibility index (Phi) is 3.97. The molecule has 1 heterocycles. The van der Waals surface area contributed by atoms with Crippen molar-refractivity contribution in [1.29, 1.82) is 0 Å². The van der Waals surface area contributed by atoms with Gasteiger partial charge < -0.3 is 21.6 Å². The number of primary amides is 1. The highest BCUT2D eigenvalue weighted by atomic mass is 16.3. The van der Waals surface area contributed by atoms with Crippen LogP contribution in [0.15, 0.2) is 6.07 Å². The standard InChI is InChI=1S/C8H14N6O2/c1-4-12-6(2-7(13-4)14-10)11-3-5(15)8(9)16/h2,5,15H,3,10H2,1H3,(H2,9,16)(H2,11,12,13,14). The van der Waals surface area contributed by atoms with E-state index in [0.717, 1.165) is 0 Å². The number of aliphatic hydroxyl groups excluding tert-OH is 1. The molecule has 7 N–H and O–H groups in total. The van der Waals surface area contributed by atoms with Crippen LogP contribution in [0.4, 0.5) is 11.6 Å². The first kappa shape index (κ1) is 12.1. The van der Waals surface area contributed by atoms with Crippen LogP contribution in [0.1, 0.15) is 5.82 Å². The number of nitrogen functional groups attached to an aromatic ring is 1. The number of hydrogen-bond acceptors (Lipinski definition) is 7. The van der Waals surface area contributed by atoms with Gasteiger partial charge in [0.15, 0.2) is 0 Å². The lowest BCUT2D eigenvalue weighted by Gasteiger charge is -2.10. The largest absolute Gasteiger partial charge is 0.381 e.